The van der Waals surface area contributed by atoms with Crippen LogP contribution in [0.15, 0.2) is 18.3 Å². The highest BCUT2D eigenvalue weighted by molar-refractivity contribution is 5.93. The molecule has 1 saturated carbocycles. The van der Waals surface area contributed by atoms with E-state index >= 15 is 0 Å². The van der Waals surface area contributed by atoms with Gasteiger partial charge >= 0.3 is 0 Å². The minimum atomic E-state index is -0.0227. The predicted octanol–water partition coefficient (Wildman–Crippen LogP) is 1.62. The van der Waals surface area contributed by atoms with Crippen molar-refractivity contribution in [2.24, 2.45) is 11.7 Å². The summed E-state index contributed by atoms with van der Waals surface area (Å²) in [6, 6.07) is 3.90. The zero-order chi connectivity index (χ0) is 12.4. The fourth-order valence-corrected chi connectivity index (χ4v) is 2.18. The number of nitrogens with two attached hydrogens (primary N) is 1. The molecule has 2 N–H and O–H groups in total. The molecule has 0 aliphatic heterocycles. The molecule has 1 unspecified atom stereocenters. The van der Waals surface area contributed by atoms with Crippen molar-refractivity contribution in [3.63, 3.8) is 0 Å². The van der Waals surface area contributed by atoms with Gasteiger partial charge in [-0.3, -0.25) is 9.78 Å². The largest absolute Gasteiger partial charge is 0.336 e. The van der Waals surface area contributed by atoms with Crippen LogP contribution in [0.25, 0.3) is 0 Å². The van der Waals surface area contributed by atoms with Crippen molar-refractivity contribution < 1.29 is 4.79 Å². The SMILES string of the molecule is Cc1cccnc1C(=O)N(C)C(CN)C1CC1.Cl. The van der Waals surface area contributed by atoms with Gasteiger partial charge in [0, 0.05) is 25.8 Å². The highest BCUT2D eigenvalue weighted by atomic mass is 35.5. The van der Waals surface area contributed by atoms with Gasteiger partial charge in [0.1, 0.15) is 5.69 Å². The average Bonchev–Trinajstić information content (AvgIpc) is 3.14. The molecule has 0 bridgehead atoms. The van der Waals surface area contributed by atoms with Crippen LogP contribution in [0, 0.1) is 12.8 Å². The number of pyridine rings is 1. The maximum absolute atomic E-state index is 12.3. The monoisotopic (exact) mass is 269 g/mol. The first-order chi connectivity index (χ1) is 8.15. The Balaban J connectivity index is 0.00000162. The lowest BCUT2D eigenvalue weighted by molar-refractivity contribution is 0.0712. The molecule has 4 nitrogen and oxygen atoms in total. The fraction of sp³-hybridized carbons (Fsp3) is 0.538. The molecular weight excluding hydrogens is 250 g/mol. The molecule has 1 aliphatic rings. The topological polar surface area (TPSA) is 59.2 Å². The summed E-state index contributed by atoms with van der Waals surface area (Å²) in [6.07, 6.45) is 4.02. The Morgan fingerprint density at radius 3 is 2.78 bits per heavy atom. The van der Waals surface area contributed by atoms with E-state index in [2.05, 4.69) is 4.98 Å². The summed E-state index contributed by atoms with van der Waals surface area (Å²) in [7, 11) is 1.83. The van der Waals surface area contributed by atoms with Crippen LogP contribution in [0.4, 0.5) is 0 Å². The van der Waals surface area contributed by atoms with Gasteiger partial charge in [-0.25, -0.2) is 0 Å². The van der Waals surface area contributed by atoms with Crippen molar-refractivity contribution in [2.45, 2.75) is 25.8 Å². The Bertz CT molecular complexity index is 420. The molecule has 2 rings (SSSR count). The third kappa shape index (κ3) is 3.00. The van der Waals surface area contributed by atoms with Crippen molar-refractivity contribution >= 4 is 18.3 Å². The zero-order valence-electron chi connectivity index (χ0n) is 10.8. The summed E-state index contributed by atoms with van der Waals surface area (Å²) >= 11 is 0. The van der Waals surface area contributed by atoms with Crippen LogP contribution in [0.2, 0.25) is 0 Å². The van der Waals surface area contributed by atoms with Gasteiger partial charge in [0.25, 0.3) is 5.91 Å². The van der Waals surface area contributed by atoms with E-state index in [-0.39, 0.29) is 24.4 Å². The predicted molar refractivity (Wildman–Crippen MR) is 73.9 cm³/mol. The summed E-state index contributed by atoms with van der Waals surface area (Å²) in [5.41, 5.74) is 7.20. The molecule has 1 heterocycles. The Labute approximate surface area is 114 Å². The van der Waals surface area contributed by atoms with Crippen molar-refractivity contribution in [3.8, 4) is 0 Å². The molecule has 5 heteroatoms. The van der Waals surface area contributed by atoms with E-state index in [0.29, 0.717) is 18.2 Å². The molecule has 100 valence electrons. The lowest BCUT2D eigenvalue weighted by atomic mass is 10.1. The van der Waals surface area contributed by atoms with Gasteiger partial charge in [-0.05, 0) is 37.3 Å². The van der Waals surface area contributed by atoms with Crippen LogP contribution in [0.3, 0.4) is 0 Å². The van der Waals surface area contributed by atoms with Crippen molar-refractivity contribution in [1.29, 1.82) is 0 Å². The molecule has 1 amide bonds. The number of halogens is 1. The lowest BCUT2D eigenvalue weighted by Crippen LogP contribution is -2.43. The van der Waals surface area contributed by atoms with Crippen molar-refractivity contribution in [3.05, 3.63) is 29.6 Å². The maximum Gasteiger partial charge on any atom is 0.272 e. The first kappa shape index (κ1) is 14.9. The molecule has 1 fully saturated rings. The third-order valence-electron chi connectivity index (χ3n) is 3.44. The number of aromatic nitrogens is 1. The van der Waals surface area contributed by atoms with E-state index in [1.54, 1.807) is 11.1 Å². The van der Waals surface area contributed by atoms with E-state index in [1.807, 2.05) is 26.1 Å². The van der Waals surface area contributed by atoms with Gasteiger partial charge in [0.15, 0.2) is 0 Å². The van der Waals surface area contributed by atoms with Gasteiger partial charge in [0.05, 0.1) is 0 Å². The number of hydrogen-bond donors (Lipinski definition) is 1. The Hall–Kier alpha value is -1.13. The summed E-state index contributed by atoms with van der Waals surface area (Å²) in [6.45, 7) is 2.43. The van der Waals surface area contributed by atoms with E-state index in [4.69, 9.17) is 5.73 Å². The zero-order valence-corrected chi connectivity index (χ0v) is 11.6. The second-order valence-electron chi connectivity index (χ2n) is 4.73. The lowest BCUT2D eigenvalue weighted by Gasteiger charge is -2.27. The number of amides is 1. The van der Waals surface area contributed by atoms with E-state index in [1.165, 1.54) is 12.8 Å². The molecule has 1 aliphatic carbocycles. The molecule has 1 atom stereocenters. The average molecular weight is 270 g/mol. The first-order valence-corrected chi connectivity index (χ1v) is 6.04. The van der Waals surface area contributed by atoms with Gasteiger partial charge in [0.2, 0.25) is 0 Å². The number of likely N-dealkylation sites (N-methyl/N-ethyl adjacent to an activating group) is 1. The Morgan fingerprint density at radius 1 is 1.61 bits per heavy atom. The molecule has 0 radical (unpaired) electrons. The van der Waals surface area contributed by atoms with Crippen LogP contribution in [-0.2, 0) is 0 Å². The smallest absolute Gasteiger partial charge is 0.272 e. The molecule has 0 aromatic carbocycles. The van der Waals surface area contributed by atoms with Crippen LogP contribution in [0.5, 0.6) is 0 Å². The number of aryl methyl sites for hydroxylation is 1. The molecule has 0 saturated heterocycles. The second kappa shape index (κ2) is 6.16. The number of carbonyl (C=O) groups is 1. The van der Waals surface area contributed by atoms with E-state index in [0.717, 1.165) is 5.56 Å². The normalized spacial score (nSPS) is 15.7. The third-order valence-corrected chi connectivity index (χ3v) is 3.44. The standard InChI is InChI=1S/C13H19N3O.ClH/c1-9-4-3-7-15-12(9)13(17)16(2)11(8-14)10-5-6-10;/h3-4,7,10-11H,5-6,8,14H2,1-2H3;1H. The van der Waals surface area contributed by atoms with E-state index in [9.17, 15) is 4.79 Å². The van der Waals surface area contributed by atoms with Gasteiger partial charge < -0.3 is 10.6 Å². The molecule has 1 aromatic rings. The summed E-state index contributed by atoms with van der Waals surface area (Å²) in [5, 5.41) is 0. The van der Waals surface area contributed by atoms with Crippen molar-refractivity contribution in [1.82, 2.24) is 9.88 Å². The molecule has 1 aromatic heterocycles. The summed E-state index contributed by atoms with van der Waals surface area (Å²) < 4.78 is 0. The van der Waals surface area contributed by atoms with Gasteiger partial charge in [-0.15, -0.1) is 12.4 Å². The quantitative estimate of drug-likeness (QED) is 0.904. The number of rotatable bonds is 4. The number of nitrogens with zero attached hydrogens (tertiary/aromatic N) is 2. The maximum atomic E-state index is 12.3. The number of hydrogen-bond acceptors (Lipinski definition) is 3. The first-order valence-electron chi connectivity index (χ1n) is 6.04. The molecule has 0 spiro atoms. The van der Waals surface area contributed by atoms with Gasteiger partial charge in [-0.1, -0.05) is 6.07 Å². The number of carbonyl (C=O) groups excluding carboxylic acids is 1. The molecular formula is C13H20ClN3O. The van der Waals surface area contributed by atoms with Crippen molar-refractivity contribution in [2.75, 3.05) is 13.6 Å². The fourth-order valence-electron chi connectivity index (χ4n) is 2.18. The van der Waals surface area contributed by atoms with Crippen LogP contribution < -0.4 is 5.73 Å². The Kier molecular flexibility index (Phi) is 5.11. The van der Waals surface area contributed by atoms with Crippen LogP contribution in [-0.4, -0.2) is 35.4 Å². The van der Waals surface area contributed by atoms with E-state index < -0.39 is 0 Å². The highest BCUT2D eigenvalue weighted by Crippen LogP contribution is 2.34. The minimum Gasteiger partial charge on any atom is -0.336 e. The van der Waals surface area contributed by atoms with Crippen LogP contribution in [0.1, 0.15) is 28.9 Å². The highest BCUT2D eigenvalue weighted by Gasteiger charge is 2.35. The summed E-state index contributed by atoms with van der Waals surface area (Å²) in [5.74, 6) is 0.559. The minimum absolute atomic E-state index is 0. The second-order valence-corrected chi connectivity index (χ2v) is 4.73. The summed E-state index contributed by atoms with van der Waals surface area (Å²) in [4.78, 5) is 18.2. The molecule has 18 heavy (non-hydrogen) atoms. The Morgan fingerprint density at radius 2 is 2.28 bits per heavy atom. The van der Waals surface area contributed by atoms with Crippen LogP contribution >= 0.6 is 12.4 Å². The van der Waals surface area contributed by atoms with Gasteiger partial charge in [-0.2, -0.15) is 0 Å².